The quantitative estimate of drug-likeness (QED) is 0.696. The van der Waals surface area contributed by atoms with Crippen LogP contribution in [0.1, 0.15) is 27.7 Å². The molecule has 3 rings (SSSR count). The highest BCUT2D eigenvalue weighted by Crippen LogP contribution is 2.45. The molecule has 0 radical (unpaired) electrons. The first kappa shape index (κ1) is 12.9. The van der Waals surface area contributed by atoms with Gasteiger partial charge in [0.25, 0.3) is 0 Å². The molecule has 3 heteroatoms. The fourth-order valence-corrected chi connectivity index (χ4v) is 4.07. The maximum absolute atomic E-state index is 2.77. The van der Waals surface area contributed by atoms with Gasteiger partial charge in [-0.05, 0) is 39.2 Å². The van der Waals surface area contributed by atoms with Crippen molar-refractivity contribution in [2.75, 3.05) is 46.3 Å². The molecule has 0 unspecified atom stereocenters. The zero-order chi connectivity index (χ0) is 13.1. The molecule has 0 aromatic carbocycles. The van der Waals surface area contributed by atoms with Crippen LogP contribution in [0.3, 0.4) is 0 Å². The highest BCUT2D eigenvalue weighted by Gasteiger charge is 2.52. The summed E-state index contributed by atoms with van der Waals surface area (Å²) in [5, 5.41) is 0. The van der Waals surface area contributed by atoms with Gasteiger partial charge < -0.3 is 4.90 Å². The molecular formula is C15H29N3. The predicted molar refractivity (Wildman–Crippen MR) is 75.8 cm³/mol. The third-order valence-corrected chi connectivity index (χ3v) is 5.51. The molecule has 3 nitrogen and oxygen atoms in total. The number of hydrogen-bond acceptors (Lipinski definition) is 3. The molecule has 0 bridgehead atoms. The summed E-state index contributed by atoms with van der Waals surface area (Å²) in [6, 6.07) is 0.848. The van der Waals surface area contributed by atoms with E-state index in [4.69, 9.17) is 0 Å². The Labute approximate surface area is 112 Å². The highest BCUT2D eigenvalue weighted by molar-refractivity contribution is 5.06. The van der Waals surface area contributed by atoms with E-state index >= 15 is 0 Å². The lowest BCUT2D eigenvalue weighted by atomic mass is 9.83. The highest BCUT2D eigenvalue weighted by atomic mass is 15.3. The van der Waals surface area contributed by atoms with Crippen molar-refractivity contribution in [1.82, 2.24) is 14.7 Å². The second-order valence-electron chi connectivity index (χ2n) is 8.21. The molecule has 0 aromatic rings. The zero-order valence-corrected chi connectivity index (χ0v) is 12.7. The second-order valence-corrected chi connectivity index (χ2v) is 8.21. The van der Waals surface area contributed by atoms with Crippen LogP contribution in [0, 0.1) is 11.3 Å². The lowest BCUT2D eigenvalue weighted by molar-refractivity contribution is 0.0505. The van der Waals surface area contributed by atoms with Gasteiger partial charge in [0.15, 0.2) is 0 Å². The number of likely N-dealkylation sites (N-methyl/N-ethyl adjacent to an activating group) is 1. The lowest BCUT2D eigenvalue weighted by Gasteiger charge is -2.43. The molecule has 104 valence electrons. The smallest absolute Gasteiger partial charge is 0.0350 e. The number of likely N-dealkylation sites (tertiary alicyclic amines) is 3. The zero-order valence-electron chi connectivity index (χ0n) is 12.7. The van der Waals surface area contributed by atoms with Crippen molar-refractivity contribution in [3.63, 3.8) is 0 Å². The number of hydrogen-bond donors (Lipinski definition) is 0. The fraction of sp³-hybridized carbons (Fsp3) is 1.00. The van der Waals surface area contributed by atoms with Crippen LogP contribution in [-0.4, -0.2) is 72.6 Å². The van der Waals surface area contributed by atoms with Crippen LogP contribution < -0.4 is 0 Å². The summed E-state index contributed by atoms with van der Waals surface area (Å²) in [4.78, 5) is 7.90. The average Bonchev–Trinajstić information content (AvgIpc) is 2.63. The summed E-state index contributed by atoms with van der Waals surface area (Å²) in [6.07, 6.45) is 0. The van der Waals surface area contributed by atoms with Crippen LogP contribution in [0.15, 0.2) is 0 Å². The molecule has 3 saturated heterocycles. The molecule has 0 amide bonds. The lowest BCUT2D eigenvalue weighted by Crippen LogP contribution is -2.57. The van der Waals surface area contributed by atoms with Crippen LogP contribution in [0.25, 0.3) is 0 Å². The molecule has 0 aliphatic carbocycles. The normalized spacial score (nSPS) is 40.2. The summed E-state index contributed by atoms with van der Waals surface area (Å²) < 4.78 is 0. The van der Waals surface area contributed by atoms with E-state index in [0.29, 0.717) is 11.0 Å². The van der Waals surface area contributed by atoms with Crippen molar-refractivity contribution in [3.8, 4) is 0 Å². The first-order chi connectivity index (χ1) is 8.28. The number of nitrogens with zero attached hydrogens (tertiary/aromatic N) is 3. The van der Waals surface area contributed by atoms with Gasteiger partial charge in [-0.15, -0.1) is 0 Å². The van der Waals surface area contributed by atoms with E-state index in [1.54, 1.807) is 0 Å². The first-order valence-corrected chi connectivity index (χ1v) is 7.46. The van der Waals surface area contributed by atoms with Crippen LogP contribution >= 0.6 is 0 Å². The monoisotopic (exact) mass is 251 g/mol. The Morgan fingerprint density at radius 3 is 2.17 bits per heavy atom. The minimum absolute atomic E-state index is 0.342. The van der Waals surface area contributed by atoms with Crippen molar-refractivity contribution in [2.45, 2.75) is 39.3 Å². The Hall–Kier alpha value is -0.120. The van der Waals surface area contributed by atoms with Gasteiger partial charge >= 0.3 is 0 Å². The molecule has 18 heavy (non-hydrogen) atoms. The molecule has 3 aliphatic rings. The summed E-state index contributed by atoms with van der Waals surface area (Å²) >= 11 is 0. The molecule has 3 aliphatic heterocycles. The molecule has 3 heterocycles. The first-order valence-electron chi connectivity index (χ1n) is 7.46. The SMILES string of the molecule is CN1CC(N2C[C@@H]3CN(C(C)(C)C)C[C@]3(C)C2)C1. The number of fused-ring (bicyclic) bond motifs is 1. The maximum atomic E-state index is 2.77. The fourth-order valence-electron chi connectivity index (χ4n) is 4.07. The molecule has 0 saturated carbocycles. The van der Waals surface area contributed by atoms with Gasteiger partial charge in [0.2, 0.25) is 0 Å². The van der Waals surface area contributed by atoms with Crippen LogP contribution in [-0.2, 0) is 0 Å². The third kappa shape index (κ3) is 2.00. The summed E-state index contributed by atoms with van der Waals surface area (Å²) in [6.45, 7) is 17.4. The van der Waals surface area contributed by atoms with E-state index < -0.39 is 0 Å². The Bertz CT molecular complexity index is 329. The van der Waals surface area contributed by atoms with Crippen LogP contribution in [0.2, 0.25) is 0 Å². The van der Waals surface area contributed by atoms with Gasteiger partial charge in [-0.2, -0.15) is 0 Å². The number of rotatable bonds is 1. The van der Waals surface area contributed by atoms with E-state index in [2.05, 4.69) is 49.4 Å². The molecule has 2 atom stereocenters. The van der Waals surface area contributed by atoms with E-state index in [1.165, 1.54) is 39.3 Å². The van der Waals surface area contributed by atoms with E-state index in [1.807, 2.05) is 0 Å². The van der Waals surface area contributed by atoms with Crippen LogP contribution in [0.4, 0.5) is 0 Å². The summed E-state index contributed by atoms with van der Waals surface area (Å²) in [5.74, 6) is 0.891. The van der Waals surface area contributed by atoms with Gasteiger partial charge in [-0.3, -0.25) is 9.80 Å². The van der Waals surface area contributed by atoms with E-state index in [-0.39, 0.29) is 0 Å². The van der Waals surface area contributed by atoms with Gasteiger partial charge in [0.05, 0.1) is 0 Å². The van der Waals surface area contributed by atoms with Gasteiger partial charge in [-0.25, -0.2) is 0 Å². The van der Waals surface area contributed by atoms with E-state index in [0.717, 1.165) is 12.0 Å². The minimum Gasteiger partial charge on any atom is -0.303 e. The van der Waals surface area contributed by atoms with Gasteiger partial charge in [0, 0.05) is 50.8 Å². The summed E-state index contributed by atoms with van der Waals surface area (Å²) in [5.41, 5.74) is 0.885. The van der Waals surface area contributed by atoms with Crippen molar-refractivity contribution < 1.29 is 0 Å². The average molecular weight is 251 g/mol. The Balaban J connectivity index is 1.63. The van der Waals surface area contributed by atoms with Gasteiger partial charge in [-0.1, -0.05) is 6.92 Å². The second kappa shape index (κ2) is 3.94. The standard InChI is InChI=1S/C15H29N3/c1-14(2,3)18-7-12-6-17(10-15(12,4)11-18)13-8-16(5)9-13/h12-13H,6-11H2,1-5H3/t12-,15+/m1/s1. The van der Waals surface area contributed by atoms with E-state index in [9.17, 15) is 0 Å². The third-order valence-electron chi connectivity index (χ3n) is 5.51. The maximum Gasteiger partial charge on any atom is 0.0350 e. The Kier molecular flexibility index (Phi) is 2.82. The predicted octanol–water partition coefficient (Wildman–Crippen LogP) is 1.35. The van der Waals surface area contributed by atoms with Gasteiger partial charge in [0.1, 0.15) is 0 Å². The van der Waals surface area contributed by atoms with Crippen LogP contribution in [0.5, 0.6) is 0 Å². The molecule has 0 spiro atoms. The molecular weight excluding hydrogens is 222 g/mol. The molecule has 3 fully saturated rings. The van der Waals surface area contributed by atoms with Crippen molar-refractivity contribution in [3.05, 3.63) is 0 Å². The van der Waals surface area contributed by atoms with Crippen molar-refractivity contribution in [2.24, 2.45) is 11.3 Å². The summed E-state index contributed by atoms with van der Waals surface area (Å²) in [7, 11) is 2.23. The van der Waals surface area contributed by atoms with Crippen molar-refractivity contribution >= 4 is 0 Å². The molecule has 0 aromatic heterocycles. The Morgan fingerprint density at radius 1 is 1.00 bits per heavy atom. The van der Waals surface area contributed by atoms with Crippen molar-refractivity contribution in [1.29, 1.82) is 0 Å². The Morgan fingerprint density at radius 2 is 1.67 bits per heavy atom. The minimum atomic E-state index is 0.342. The largest absolute Gasteiger partial charge is 0.303 e. The topological polar surface area (TPSA) is 9.72 Å². The molecule has 0 N–H and O–H groups in total.